The zero-order chi connectivity index (χ0) is 19.5. The van der Waals surface area contributed by atoms with Gasteiger partial charge in [-0.15, -0.1) is 0 Å². The summed E-state index contributed by atoms with van der Waals surface area (Å²) in [6.07, 6.45) is 13.4. The zero-order valence-electron chi connectivity index (χ0n) is 15.6. The highest BCUT2D eigenvalue weighted by atomic mass is 35.5. The molecule has 1 fully saturated rings. The number of amides is 2. The summed E-state index contributed by atoms with van der Waals surface area (Å²) in [6, 6.07) is 5.15. The fourth-order valence-corrected chi connectivity index (χ4v) is 4.67. The van der Waals surface area contributed by atoms with Gasteiger partial charge in [-0.1, -0.05) is 41.4 Å². The second kappa shape index (κ2) is 8.58. The van der Waals surface area contributed by atoms with Gasteiger partial charge in [0.25, 0.3) is 0 Å². The Labute approximate surface area is 175 Å². The fraction of sp³-hybridized carbons (Fsp3) is 0.429. The van der Waals surface area contributed by atoms with Gasteiger partial charge in [-0.05, 0) is 49.1 Å². The molecule has 1 saturated carbocycles. The SMILES string of the molecule is O=C(Nc1cccc(Cl)c1Cl)N(CCCn1ccnc1)CC1CC2C=CC1C2. The van der Waals surface area contributed by atoms with Crippen LogP contribution in [0.4, 0.5) is 10.5 Å². The van der Waals surface area contributed by atoms with E-state index in [-0.39, 0.29) is 6.03 Å². The minimum absolute atomic E-state index is 0.124. The zero-order valence-corrected chi connectivity index (χ0v) is 17.1. The van der Waals surface area contributed by atoms with Crippen LogP contribution in [0.5, 0.6) is 0 Å². The van der Waals surface area contributed by atoms with Crippen LogP contribution in [0.15, 0.2) is 49.1 Å². The number of benzene rings is 1. The van der Waals surface area contributed by atoms with E-state index in [0.717, 1.165) is 19.5 Å². The van der Waals surface area contributed by atoms with Crippen LogP contribution < -0.4 is 5.32 Å². The molecule has 2 aliphatic carbocycles. The van der Waals surface area contributed by atoms with Gasteiger partial charge >= 0.3 is 6.03 Å². The predicted molar refractivity (Wildman–Crippen MR) is 113 cm³/mol. The average Bonchev–Trinajstić information content (AvgIpc) is 3.43. The molecular weight excluding hydrogens is 395 g/mol. The molecule has 2 aromatic rings. The number of carbonyl (C=O) groups is 1. The number of aromatic nitrogens is 2. The van der Waals surface area contributed by atoms with Gasteiger partial charge in [0, 0.05) is 32.0 Å². The Balaban J connectivity index is 1.42. The lowest BCUT2D eigenvalue weighted by atomic mass is 9.93. The van der Waals surface area contributed by atoms with E-state index in [9.17, 15) is 4.79 Å². The number of rotatable bonds is 7. The predicted octanol–water partition coefficient (Wildman–Crippen LogP) is 5.33. The number of nitrogens with zero attached hydrogens (tertiary/aromatic N) is 3. The lowest BCUT2D eigenvalue weighted by molar-refractivity contribution is 0.193. The lowest BCUT2D eigenvalue weighted by Crippen LogP contribution is -2.40. The molecule has 1 heterocycles. The average molecular weight is 419 g/mol. The molecule has 1 aromatic heterocycles. The van der Waals surface area contributed by atoms with Gasteiger partial charge in [0.05, 0.1) is 22.1 Å². The van der Waals surface area contributed by atoms with E-state index < -0.39 is 0 Å². The summed E-state index contributed by atoms with van der Waals surface area (Å²) < 4.78 is 2.03. The van der Waals surface area contributed by atoms with E-state index in [2.05, 4.69) is 22.5 Å². The van der Waals surface area contributed by atoms with Crippen molar-refractivity contribution >= 4 is 34.9 Å². The maximum absolute atomic E-state index is 13.0. The molecule has 3 atom stereocenters. The largest absolute Gasteiger partial charge is 0.337 e. The number of hydrogen-bond donors (Lipinski definition) is 1. The van der Waals surface area contributed by atoms with E-state index in [4.69, 9.17) is 23.2 Å². The van der Waals surface area contributed by atoms with Gasteiger partial charge in [-0.25, -0.2) is 9.78 Å². The van der Waals surface area contributed by atoms with E-state index in [1.807, 2.05) is 15.7 Å². The quantitative estimate of drug-likeness (QED) is 0.617. The monoisotopic (exact) mass is 418 g/mol. The van der Waals surface area contributed by atoms with Crippen LogP contribution in [0.25, 0.3) is 0 Å². The van der Waals surface area contributed by atoms with E-state index >= 15 is 0 Å². The van der Waals surface area contributed by atoms with Crippen LogP contribution in [-0.4, -0.2) is 33.6 Å². The van der Waals surface area contributed by atoms with Crippen molar-refractivity contribution in [2.24, 2.45) is 17.8 Å². The molecule has 1 aromatic carbocycles. The Morgan fingerprint density at radius 3 is 2.89 bits per heavy atom. The van der Waals surface area contributed by atoms with Crippen molar-refractivity contribution in [2.45, 2.75) is 25.8 Å². The summed E-state index contributed by atoms with van der Waals surface area (Å²) in [5.74, 6) is 1.82. The second-order valence-electron chi connectivity index (χ2n) is 7.67. The van der Waals surface area contributed by atoms with E-state index in [1.54, 1.807) is 30.7 Å². The van der Waals surface area contributed by atoms with Gasteiger partial charge in [-0.2, -0.15) is 0 Å². The van der Waals surface area contributed by atoms with Crippen molar-refractivity contribution in [1.82, 2.24) is 14.5 Å². The van der Waals surface area contributed by atoms with Gasteiger partial charge < -0.3 is 14.8 Å². The first-order chi connectivity index (χ1) is 13.6. The van der Waals surface area contributed by atoms with Crippen molar-refractivity contribution in [2.75, 3.05) is 18.4 Å². The standard InChI is InChI=1S/C21H24Cl2N4O/c22-18-3-1-4-19(20(18)23)25-21(28)27(9-2-8-26-10-7-24-14-26)13-17-12-15-5-6-16(17)11-15/h1,3-7,10,14-17H,2,8-9,11-13H2,(H,25,28). The number of nitrogens with one attached hydrogen (secondary N) is 1. The van der Waals surface area contributed by atoms with E-state index in [1.165, 1.54) is 12.8 Å². The lowest BCUT2D eigenvalue weighted by Gasteiger charge is -2.29. The molecule has 0 radical (unpaired) electrons. The van der Waals surface area contributed by atoms with Crippen molar-refractivity contribution in [1.29, 1.82) is 0 Å². The fourth-order valence-electron chi connectivity index (χ4n) is 4.32. The number of allylic oxidation sites excluding steroid dienone is 2. The molecule has 2 amide bonds. The summed E-state index contributed by atoms with van der Waals surface area (Å²) in [4.78, 5) is 19.0. The molecular formula is C21H24Cl2N4O. The Bertz CT molecular complexity index is 852. The molecule has 7 heteroatoms. The highest BCUT2D eigenvalue weighted by Crippen LogP contribution is 2.43. The Kier molecular flexibility index (Phi) is 5.93. The molecule has 28 heavy (non-hydrogen) atoms. The van der Waals surface area contributed by atoms with Gasteiger partial charge in [-0.3, -0.25) is 0 Å². The third-order valence-corrected chi connectivity index (χ3v) is 6.57. The third-order valence-electron chi connectivity index (χ3n) is 5.76. The summed E-state index contributed by atoms with van der Waals surface area (Å²) in [6.45, 7) is 2.28. The third kappa shape index (κ3) is 4.36. The second-order valence-corrected chi connectivity index (χ2v) is 8.46. The molecule has 0 spiro atoms. The number of imidazole rings is 1. The molecule has 2 bridgehead atoms. The first-order valence-electron chi connectivity index (χ1n) is 9.74. The number of halogens is 2. The Morgan fingerprint density at radius 2 is 2.18 bits per heavy atom. The number of aryl methyl sites for hydroxylation is 1. The summed E-state index contributed by atoms with van der Waals surface area (Å²) in [7, 11) is 0. The van der Waals surface area contributed by atoms with Crippen molar-refractivity contribution in [3.63, 3.8) is 0 Å². The van der Waals surface area contributed by atoms with Gasteiger partial charge in [0.2, 0.25) is 0 Å². The number of hydrogen-bond acceptors (Lipinski definition) is 2. The smallest absolute Gasteiger partial charge is 0.321 e. The van der Waals surface area contributed by atoms with Crippen LogP contribution in [0.1, 0.15) is 19.3 Å². The van der Waals surface area contributed by atoms with Gasteiger partial charge in [0.1, 0.15) is 0 Å². The molecule has 4 rings (SSSR count). The van der Waals surface area contributed by atoms with Crippen molar-refractivity contribution < 1.29 is 4.79 Å². The summed E-state index contributed by atoms with van der Waals surface area (Å²) in [5, 5.41) is 3.75. The molecule has 0 aliphatic heterocycles. The Hall–Kier alpha value is -1.98. The molecule has 148 valence electrons. The minimum atomic E-state index is -0.124. The maximum Gasteiger partial charge on any atom is 0.321 e. The van der Waals surface area contributed by atoms with Crippen LogP contribution in [0.3, 0.4) is 0 Å². The first kappa shape index (κ1) is 19.3. The number of anilines is 1. The molecule has 2 aliphatic rings. The van der Waals surface area contributed by atoms with Crippen molar-refractivity contribution in [3.05, 3.63) is 59.1 Å². The highest BCUT2D eigenvalue weighted by molar-refractivity contribution is 6.43. The molecule has 1 N–H and O–H groups in total. The topological polar surface area (TPSA) is 50.2 Å². The van der Waals surface area contributed by atoms with Crippen LogP contribution in [0.2, 0.25) is 10.0 Å². The molecule has 5 nitrogen and oxygen atoms in total. The van der Waals surface area contributed by atoms with E-state index in [0.29, 0.717) is 40.0 Å². The molecule has 3 unspecified atom stereocenters. The van der Waals surface area contributed by atoms with Crippen molar-refractivity contribution in [3.8, 4) is 0 Å². The van der Waals surface area contributed by atoms with Gasteiger partial charge in [0.15, 0.2) is 0 Å². The normalized spacial score (nSPS) is 22.6. The maximum atomic E-state index is 13.0. The Morgan fingerprint density at radius 1 is 1.29 bits per heavy atom. The first-order valence-corrected chi connectivity index (χ1v) is 10.5. The minimum Gasteiger partial charge on any atom is -0.337 e. The number of fused-ring (bicyclic) bond motifs is 2. The summed E-state index contributed by atoms with van der Waals surface area (Å²) >= 11 is 12.3. The molecule has 0 saturated heterocycles. The number of urea groups is 1. The number of carbonyl (C=O) groups excluding carboxylic acids is 1. The van der Waals surface area contributed by atoms with Crippen LogP contribution in [0, 0.1) is 17.8 Å². The highest BCUT2D eigenvalue weighted by Gasteiger charge is 2.37. The summed E-state index contributed by atoms with van der Waals surface area (Å²) in [5.41, 5.74) is 0.548. The van der Waals surface area contributed by atoms with Crippen LogP contribution in [-0.2, 0) is 6.54 Å². The van der Waals surface area contributed by atoms with Crippen LogP contribution >= 0.6 is 23.2 Å².